The zero-order valence-electron chi connectivity index (χ0n) is 8.08. The first-order valence-corrected chi connectivity index (χ1v) is 4.70. The third-order valence-electron chi connectivity index (χ3n) is 1.82. The van der Waals surface area contributed by atoms with Crippen LogP contribution in [0.4, 0.5) is 4.39 Å². The summed E-state index contributed by atoms with van der Waals surface area (Å²) in [6, 6.07) is 0. The van der Waals surface area contributed by atoms with Crippen LogP contribution in [0.5, 0.6) is 0 Å². The van der Waals surface area contributed by atoms with E-state index in [0.717, 1.165) is 5.82 Å². The standard InChI is InChI=1S/C8H13BFN2P/c1-5(2)7-11-6(4-12(7)3)8(9,10)13/h4-5H,13H2,1-3H3. The van der Waals surface area contributed by atoms with Crippen LogP contribution in [0.3, 0.4) is 0 Å². The summed E-state index contributed by atoms with van der Waals surface area (Å²) in [5.41, 5.74) is 0.253. The Labute approximate surface area is 81.5 Å². The molecule has 0 aromatic carbocycles. The van der Waals surface area contributed by atoms with Crippen LogP contribution in [0, 0.1) is 0 Å². The molecule has 0 saturated carbocycles. The second kappa shape index (κ2) is 3.41. The van der Waals surface area contributed by atoms with E-state index in [2.05, 4.69) is 4.98 Å². The Bertz CT molecular complexity index is 304. The number of alkyl halides is 1. The lowest BCUT2D eigenvalue weighted by atomic mass is 9.98. The number of aromatic nitrogens is 2. The van der Waals surface area contributed by atoms with Crippen LogP contribution in [-0.4, -0.2) is 17.4 Å². The highest BCUT2D eigenvalue weighted by molar-refractivity contribution is 7.21. The molecule has 2 nitrogen and oxygen atoms in total. The zero-order valence-corrected chi connectivity index (χ0v) is 9.24. The van der Waals surface area contributed by atoms with Gasteiger partial charge in [0.15, 0.2) is 0 Å². The van der Waals surface area contributed by atoms with Gasteiger partial charge in [-0.2, -0.15) is 0 Å². The number of hydrogen-bond acceptors (Lipinski definition) is 1. The highest BCUT2D eigenvalue weighted by Crippen LogP contribution is 2.29. The maximum Gasteiger partial charge on any atom is 0.136 e. The van der Waals surface area contributed by atoms with Gasteiger partial charge < -0.3 is 4.57 Å². The van der Waals surface area contributed by atoms with Gasteiger partial charge in [-0.05, 0) is 0 Å². The minimum Gasteiger partial charge on any atom is -0.337 e. The van der Waals surface area contributed by atoms with E-state index in [9.17, 15) is 4.39 Å². The smallest absolute Gasteiger partial charge is 0.136 e. The summed E-state index contributed by atoms with van der Waals surface area (Å²) in [4.78, 5) is 4.12. The van der Waals surface area contributed by atoms with Crippen LogP contribution in [0.25, 0.3) is 0 Å². The highest BCUT2D eigenvalue weighted by Gasteiger charge is 2.23. The molecule has 1 aromatic heterocycles. The number of rotatable bonds is 2. The largest absolute Gasteiger partial charge is 0.337 e. The van der Waals surface area contributed by atoms with E-state index in [0.29, 0.717) is 0 Å². The maximum absolute atomic E-state index is 13.2. The predicted molar refractivity (Wildman–Crippen MR) is 55.5 cm³/mol. The molecule has 2 atom stereocenters. The van der Waals surface area contributed by atoms with E-state index in [1.165, 1.54) is 0 Å². The number of aryl methyl sites for hydroxylation is 1. The maximum atomic E-state index is 13.2. The molecule has 0 N–H and O–H groups in total. The number of hydrogen-bond donors (Lipinski definition) is 0. The van der Waals surface area contributed by atoms with Gasteiger partial charge in [0, 0.05) is 19.2 Å². The van der Waals surface area contributed by atoms with Gasteiger partial charge in [-0.3, -0.25) is 0 Å². The predicted octanol–water partition coefficient (Wildman–Crippen LogP) is 1.67. The van der Waals surface area contributed by atoms with Crippen molar-refractivity contribution in [3.63, 3.8) is 0 Å². The van der Waals surface area contributed by atoms with Crippen molar-refractivity contribution in [1.29, 1.82) is 0 Å². The summed E-state index contributed by atoms with van der Waals surface area (Å²) in [5, 5.41) is -1.93. The van der Waals surface area contributed by atoms with Gasteiger partial charge in [0.1, 0.15) is 19.0 Å². The molecule has 0 saturated heterocycles. The Kier molecular flexibility index (Phi) is 2.81. The lowest BCUT2D eigenvalue weighted by molar-refractivity contribution is 0.405. The number of halogens is 1. The van der Waals surface area contributed by atoms with Crippen molar-refractivity contribution in [2.75, 3.05) is 0 Å². The molecule has 1 rings (SSSR count). The minimum atomic E-state index is -1.93. The first-order valence-electron chi connectivity index (χ1n) is 4.12. The summed E-state index contributed by atoms with van der Waals surface area (Å²) >= 11 is 0. The van der Waals surface area contributed by atoms with Gasteiger partial charge in [-0.25, -0.2) is 9.37 Å². The topological polar surface area (TPSA) is 17.8 Å². The van der Waals surface area contributed by atoms with Gasteiger partial charge in [0.2, 0.25) is 0 Å². The zero-order chi connectivity index (χ0) is 10.2. The van der Waals surface area contributed by atoms with Crippen molar-refractivity contribution < 1.29 is 4.39 Å². The lowest BCUT2D eigenvalue weighted by Crippen LogP contribution is -2.10. The molecule has 0 bridgehead atoms. The molecule has 2 radical (unpaired) electrons. The fraction of sp³-hybridized carbons (Fsp3) is 0.625. The number of nitrogens with zero attached hydrogens (tertiary/aromatic N) is 2. The molecule has 13 heavy (non-hydrogen) atoms. The summed E-state index contributed by atoms with van der Waals surface area (Å²) in [6.45, 7) is 4.01. The first-order chi connectivity index (χ1) is 5.82. The van der Waals surface area contributed by atoms with Crippen molar-refractivity contribution >= 4 is 17.1 Å². The molecule has 0 aliphatic heterocycles. The molecule has 0 amide bonds. The average Bonchev–Trinajstić information content (AvgIpc) is 2.29. The van der Waals surface area contributed by atoms with Crippen LogP contribution < -0.4 is 0 Å². The summed E-state index contributed by atoms with van der Waals surface area (Å²) < 4.78 is 15.0. The fourth-order valence-corrected chi connectivity index (χ4v) is 1.34. The van der Waals surface area contributed by atoms with E-state index in [1.807, 2.05) is 30.1 Å². The van der Waals surface area contributed by atoms with Crippen LogP contribution in [0.2, 0.25) is 0 Å². The van der Waals surface area contributed by atoms with Crippen LogP contribution in [0.15, 0.2) is 6.20 Å². The Balaban J connectivity index is 3.10. The van der Waals surface area contributed by atoms with Crippen LogP contribution >= 0.6 is 9.24 Å². The SMILES string of the molecule is [B]C(F)(P)c1cn(C)c(C(C)C)n1. The van der Waals surface area contributed by atoms with Gasteiger partial charge in [-0.15, -0.1) is 9.24 Å². The Morgan fingerprint density at radius 2 is 2.23 bits per heavy atom. The van der Waals surface area contributed by atoms with Crippen molar-refractivity contribution in [1.82, 2.24) is 9.55 Å². The summed E-state index contributed by atoms with van der Waals surface area (Å²) in [7, 11) is 9.03. The van der Waals surface area contributed by atoms with E-state index in [-0.39, 0.29) is 11.6 Å². The van der Waals surface area contributed by atoms with Crippen molar-refractivity contribution in [2.24, 2.45) is 7.05 Å². The molecule has 1 aromatic rings. The van der Waals surface area contributed by atoms with E-state index in [4.69, 9.17) is 7.85 Å². The monoisotopic (exact) mass is 198 g/mol. The molecular weight excluding hydrogens is 185 g/mol. The Morgan fingerprint density at radius 1 is 1.69 bits per heavy atom. The number of imidazole rings is 1. The molecular formula is C8H13BFN2P. The Hall–Kier alpha value is -0.365. The van der Waals surface area contributed by atoms with Crippen molar-refractivity contribution in [2.45, 2.75) is 25.1 Å². The van der Waals surface area contributed by atoms with Gasteiger partial charge >= 0.3 is 0 Å². The van der Waals surface area contributed by atoms with Gasteiger partial charge in [0.05, 0.1) is 5.69 Å². The molecule has 70 valence electrons. The highest BCUT2D eigenvalue weighted by atomic mass is 31.0. The molecule has 0 spiro atoms. The molecule has 0 fully saturated rings. The quantitative estimate of drug-likeness (QED) is 0.522. The molecule has 0 aliphatic rings. The average molecular weight is 198 g/mol. The second-order valence-electron chi connectivity index (χ2n) is 3.52. The second-order valence-corrected chi connectivity index (χ2v) is 4.36. The van der Waals surface area contributed by atoms with Crippen molar-refractivity contribution in [3.8, 4) is 0 Å². The summed E-state index contributed by atoms with van der Waals surface area (Å²) in [5.74, 6) is 1.11. The minimum absolute atomic E-state index is 0.253. The summed E-state index contributed by atoms with van der Waals surface area (Å²) in [6.07, 6.45) is 1.61. The normalized spacial score (nSPS) is 16.2. The van der Waals surface area contributed by atoms with Crippen LogP contribution in [0.1, 0.15) is 31.3 Å². The third kappa shape index (κ3) is 2.31. The van der Waals surface area contributed by atoms with E-state index >= 15 is 0 Å². The molecule has 1 heterocycles. The fourth-order valence-electron chi connectivity index (χ4n) is 1.20. The van der Waals surface area contributed by atoms with Gasteiger partial charge in [-0.1, -0.05) is 13.8 Å². The molecule has 0 aliphatic carbocycles. The van der Waals surface area contributed by atoms with E-state index in [1.54, 1.807) is 10.8 Å². The third-order valence-corrected chi connectivity index (χ3v) is 2.12. The molecule has 5 heteroatoms. The van der Waals surface area contributed by atoms with Gasteiger partial charge in [0.25, 0.3) is 0 Å². The Morgan fingerprint density at radius 3 is 2.46 bits per heavy atom. The molecule has 2 unspecified atom stereocenters. The lowest BCUT2D eigenvalue weighted by Gasteiger charge is -2.09. The van der Waals surface area contributed by atoms with Crippen LogP contribution in [-0.2, 0) is 12.4 Å². The first kappa shape index (κ1) is 10.7. The van der Waals surface area contributed by atoms with Crippen molar-refractivity contribution in [3.05, 3.63) is 17.7 Å². The van der Waals surface area contributed by atoms with E-state index < -0.39 is 5.31 Å².